The van der Waals surface area contributed by atoms with Gasteiger partial charge in [-0.05, 0) is 63.9 Å². The fraction of sp³-hybridized carbons (Fsp3) is 0.522. The van der Waals surface area contributed by atoms with Gasteiger partial charge >= 0.3 is 0 Å². The summed E-state index contributed by atoms with van der Waals surface area (Å²) in [6.45, 7) is 5.23. The largest absolute Gasteiger partial charge is 0.356 e. The van der Waals surface area contributed by atoms with Crippen LogP contribution in [0.15, 0.2) is 34.1 Å². The number of aromatic amines is 2. The van der Waals surface area contributed by atoms with Gasteiger partial charge in [0, 0.05) is 47.2 Å². The highest BCUT2D eigenvalue weighted by atomic mass is 32.2. The Morgan fingerprint density at radius 1 is 1.12 bits per heavy atom. The second-order valence-electron chi connectivity index (χ2n) is 9.25. The normalized spacial score (nSPS) is 27.0. The van der Waals surface area contributed by atoms with Crippen LogP contribution in [0.3, 0.4) is 0 Å². The Bertz CT molecular complexity index is 1370. The minimum atomic E-state index is -3.67. The van der Waals surface area contributed by atoms with Crippen LogP contribution in [0, 0.1) is 0 Å². The van der Waals surface area contributed by atoms with Gasteiger partial charge in [0.05, 0.1) is 4.90 Å². The summed E-state index contributed by atoms with van der Waals surface area (Å²) in [5.74, 6) is 0. The average Bonchev–Trinajstić information content (AvgIpc) is 3.53. The lowest BCUT2D eigenvalue weighted by Crippen LogP contribution is -2.42. The van der Waals surface area contributed by atoms with Crippen LogP contribution in [-0.4, -0.2) is 66.1 Å². The van der Waals surface area contributed by atoms with Crippen LogP contribution >= 0.6 is 0 Å². The number of rotatable bonds is 5. The molecule has 0 saturated carbocycles. The first-order valence-corrected chi connectivity index (χ1v) is 13.1. The first-order chi connectivity index (χ1) is 15.9. The molecule has 0 amide bonds. The van der Waals surface area contributed by atoms with E-state index in [1.807, 2.05) is 0 Å². The maximum atomic E-state index is 13.7. The van der Waals surface area contributed by atoms with Crippen molar-refractivity contribution in [2.24, 2.45) is 0 Å². The molecule has 3 aromatic rings. The van der Waals surface area contributed by atoms with Crippen LogP contribution in [-0.2, 0) is 19.5 Å². The van der Waals surface area contributed by atoms with Gasteiger partial charge in [-0.3, -0.25) is 4.79 Å². The molecule has 6 rings (SSSR count). The first kappa shape index (κ1) is 21.3. The van der Waals surface area contributed by atoms with Crippen LogP contribution in [0.1, 0.15) is 44.5 Å². The van der Waals surface area contributed by atoms with E-state index in [9.17, 15) is 13.2 Å². The smallest absolute Gasteiger partial charge is 0.272 e. The predicted molar refractivity (Wildman–Crippen MR) is 123 cm³/mol. The number of ether oxygens (including phenoxy) is 2. The molecule has 33 heavy (non-hydrogen) atoms. The summed E-state index contributed by atoms with van der Waals surface area (Å²) in [7, 11) is -3.67. The van der Waals surface area contributed by atoms with Gasteiger partial charge in [0.15, 0.2) is 12.6 Å². The zero-order chi connectivity index (χ0) is 22.7. The summed E-state index contributed by atoms with van der Waals surface area (Å²) in [4.78, 5) is 21.1. The van der Waals surface area contributed by atoms with Crippen molar-refractivity contribution in [2.45, 2.75) is 56.1 Å². The number of aromatic nitrogens is 2. The molecule has 1 aromatic carbocycles. The molecule has 3 saturated heterocycles. The summed E-state index contributed by atoms with van der Waals surface area (Å²) < 4.78 is 40.4. The second-order valence-corrected chi connectivity index (χ2v) is 11.1. The van der Waals surface area contributed by atoms with Crippen LogP contribution in [0.25, 0.3) is 21.8 Å². The van der Waals surface area contributed by atoms with Gasteiger partial charge < -0.3 is 24.3 Å². The van der Waals surface area contributed by atoms with Gasteiger partial charge in [0.1, 0.15) is 5.52 Å². The molecule has 0 spiro atoms. The SMILES string of the molecule is CC1OC(c2c[nH]c3c(=O)[nH]c4ccc(S(=O)(=O)N5CCC[C@H]5CN5CCCC5)cc4c23)O1. The Kier molecular flexibility index (Phi) is 5.11. The lowest BCUT2D eigenvalue weighted by atomic mass is 10.1. The minimum Gasteiger partial charge on any atom is -0.356 e. The second kappa shape index (κ2) is 7.92. The van der Waals surface area contributed by atoms with E-state index in [-0.39, 0.29) is 22.8 Å². The van der Waals surface area contributed by atoms with E-state index in [1.54, 1.807) is 35.6 Å². The fourth-order valence-electron chi connectivity index (χ4n) is 5.49. The maximum Gasteiger partial charge on any atom is 0.272 e. The standard InChI is InChI=1S/C23H28N4O5S/c1-14-31-23(32-14)18-12-24-21-20(18)17-11-16(6-7-19(17)25-22(21)28)33(29,30)27-10-4-5-15(27)13-26-8-2-3-9-26/h6-7,11-12,14-15,23-24H,2-5,8-10,13H2,1H3,(H,25,28)/t14?,15-,23?/m0/s1. The molecule has 9 nitrogen and oxygen atoms in total. The molecule has 3 fully saturated rings. The third-order valence-electron chi connectivity index (χ3n) is 7.13. The number of fused-ring (bicyclic) bond motifs is 3. The Labute approximate surface area is 191 Å². The number of sulfonamides is 1. The van der Waals surface area contributed by atoms with Crippen LogP contribution in [0.4, 0.5) is 0 Å². The van der Waals surface area contributed by atoms with E-state index in [4.69, 9.17) is 9.47 Å². The van der Waals surface area contributed by atoms with Crippen molar-refractivity contribution >= 4 is 31.8 Å². The third-order valence-corrected chi connectivity index (χ3v) is 9.08. The Morgan fingerprint density at radius 2 is 1.91 bits per heavy atom. The van der Waals surface area contributed by atoms with Crippen molar-refractivity contribution in [3.63, 3.8) is 0 Å². The molecule has 2 N–H and O–H groups in total. The number of hydrogen-bond acceptors (Lipinski definition) is 6. The number of pyridine rings is 1. The van der Waals surface area contributed by atoms with Crippen molar-refractivity contribution in [3.05, 3.63) is 40.3 Å². The Morgan fingerprint density at radius 3 is 2.67 bits per heavy atom. The summed E-state index contributed by atoms with van der Waals surface area (Å²) in [6, 6.07) is 4.94. The lowest BCUT2D eigenvalue weighted by molar-refractivity contribution is -0.382. The first-order valence-electron chi connectivity index (χ1n) is 11.6. The van der Waals surface area contributed by atoms with Crippen molar-refractivity contribution in [1.29, 1.82) is 0 Å². The molecule has 0 bridgehead atoms. The number of hydrogen-bond donors (Lipinski definition) is 2. The third kappa shape index (κ3) is 3.52. The van der Waals surface area contributed by atoms with E-state index < -0.39 is 16.3 Å². The van der Waals surface area contributed by atoms with Gasteiger partial charge in [-0.1, -0.05) is 0 Å². The Balaban J connectivity index is 1.42. The van der Waals surface area contributed by atoms with E-state index in [0.29, 0.717) is 33.9 Å². The molecule has 10 heteroatoms. The average molecular weight is 473 g/mol. The maximum absolute atomic E-state index is 13.7. The Hall–Kier alpha value is -2.24. The summed E-state index contributed by atoms with van der Waals surface area (Å²) in [6.07, 6.45) is 4.93. The van der Waals surface area contributed by atoms with E-state index in [1.165, 1.54) is 12.8 Å². The number of H-pyrrole nitrogens is 2. The molecule has 0 aliphatic carbocycles. The molecule has 0 radical (unpaired) electrons. The van der Waals surface area contributed by atoms with Crippen LogP contribution in [0.2, 0.25) is 0 Å². The van der Waals surface area contributed by atoms with E-state index in [2.05, 4.69) is 14.9 Å². The van der Waals surface area contributed by atoms with Gasteiger partial charge in [-0.15, -0.1) is 0 Å². The van der Waals surface area contributed by atoms with E-state index in [0.717, 1.165) is 32.5 Å². The van der Waals surface area contributed by atoms with Crippen molar-refractivity contribution < 1.29 is 17.9 Å². The highest BCUT2D eigenvalue weighted by molar-refractivity contribution is 7.89. The van der Waals surface area contributed by atoms with Crippen molar-refractivity contribution in [1.82, 2.24) is 19.2 Å². The highest BCUT2D eigenvalue weighted by Gasteiger charge is 2.37. The van der Waals surface area contributed by atoms with E-state index >= 15 is 0 Å². The zero-order valence-corrected chi connectivity index (χ0v) is 19.4. The van der Waals surface area contributed by atoms with Crippen LogP contribution < -0.4 is 5.56 Å². The number of benzene rings is 1. The number of nitrogens with one attached hydrogen (secondary N) is 2. The molecule has 1 atom stereocenters. The molecule has 3 aliphatic rings. The topological polar surface area (TPSA) is 108 Å². The number of likely N-dealkylation sites (tertiary alicyclic amines) is 1. The zero-order valence-electron chi connectivity index (χ0n) is 18.5. The predicted octanol–water partition coefficient (Wildman–Crippen LogP) is 2.65. The summed E-state index contributed by atoms with van der Waals surface area (Å²) in [5.41, 5.74) is 1.39. The van der Waals surface area contributed by atoms with Gasteiger partial charge in [-0.2, -0.15) is 4.31 Å². The lowest BCUT2D eigenvalue weighted by Gasteiger charge is -2.33. The molecule has 0 unspecified atom stereocenters. The fourth-order valence-corrected chi connectivity index (χ4v) is 7.20. The van der Waals surface area contributed by atoms with Gasteiger partial charge in [-0.25, -0.2) is 8.42 Å². The van der Waals surface area contributed by atoms with Crippen molar-refractivity contribution in [3.8, 4) is 0 Å². The van der Waals surface area contributed by atoms with Gasteiger partial charge in [0.2, 0.25) is 10.0 Å². The summed E-state index contributed by atoms with van der Waals surface area (Å²) in [5, 5.41) is 1.29. The monoisotopic (exact) mass is 472 g/mol. The molecule has 5 heterocycles. The molecule has 2 aromatic heterocycles. The van der Waals surface area contributed by atoms with Crippen LogP contribution in [0.5, 0.6) is 0 Å². The summed E-state index contributed by atoms with van der Waals surface area (Å²) >= 11 is 0. The molecule has 3 aliphatic heterocycles. The molecular weight excluding hydrogens is 444 g/mol. The quantitative estimate of drug-likeness (QED) is 0.591. The molecular formula is C23H28N4O5S. The van der Waals surface area contributed by atoms with Crippen molar-refractivity contribution in [2.75, 3.05) is 26.2 Å². The minimum absolute atomic E-state index is 0.000444. The molecule has 176 valence electrons. The van der Waals surface area contributed by atoms with Gasteiger partial charge in [0.25, 0.3) is 5.56 Å². The number of nitrogens with zero attached hydrogens (tertiary/aromatic N) is 2. The highest BCUT2D eigenvalue weighted by Crippen LogP contribution is 2.38.